The second-order valence-corrected chi connectivity index (χ2v) is 12.3. The van der Waals surface area contributed by atoms with Gasteiger partial charge < -0.3 is 18.9 Å². The third-order valence-corrected chi connectivity index (χ3v) is 9.38. The van der Waals surface area contributed by atoms with Crippen molar-refractivity contribution in [2.24, 2.45) is 0 Å². The van der Waals surface area contributed by atoms with Crippen LogP contribution in [0.15, 0.2) is 94.7 Å². The molecule has 0 spiro atoms. The molecule has 1 aliphatic heterocycles. The van der Waals surface area contributed by atoms with Crippen LogP contribution in [0.4, 0.5) is 0 Å². The lowest BCUT2D eigenvalue weighted by Gasteiger charge is -2.23. The summed E-state index contributed by atoms with van der Waals surface area (Å²) in [4.78, 5) is 7.36. The predicted octanol–water partition coefficient (Wildman–Crippen LogP) is 6.48. The Balaban J connectivity index is 1.05. The zero-order valence-corrected chi connectivity index (χ0v) is 26.0. The highest BCUT2D eigenvalue weighted by atomic mass is 32.2. The SMILES string of the molecule is c1ccc2cc(SCN3CCOCCOCCN(CSc4ccc5ccccc5c4)CCOCCOCC3)ccc2c1. The Labute approximate surface area is 258 Å². The highest BCUT2D eigenvalue weighted by molar-refractivity contribution is 7.99. The lowest BCUT2D eigenvalue weighted by molar-refractivity contribution is 0.0124. The van der Waals surface area contributed by atoms with E-state index >= 15 is 0 Å². The molecular formula is C34H42N2O4S2. The predicted molar refractivity (Wildman–Crippen MR) is 176 cm³/mol. The number of hydrogen-bond donors (Lipinski definition) is 0. The summed E-state index contributed by atoms with van der Waals surface area (Å²) in [7, 11) is 0. The summed E-state index contributed by atoms with van der Waals surface area (Å²) >= 11 is 3.72. The normalized spacial score (nSPS) is 18.1. The van der Waals surface area contributed by atoms with E-state index in [0.29, 0.717) is 52.9 Å². The highest BCUT2D eigenvalue weighted by Crippen LogP contribution is 2.25. The Morgan fingerprint density at radius 1 is 0.429 bits per heavy atom. The largest absolute Gasteiger partial charge is 0.378 e. The van der Waals surface area contributed by atoms with Crippen LogP contribution in [0.2, 0.25) is 0 Å². The Morgan fingerprint density at radius 3 is 1.17 bits per heavy atom. The monoisotopic (exact) mass is 606 g/mol. The number of nitrogens with zero attached hydrogens (tertiary/aromatic N) is 2. The minimum atomic E-state index is 0.608. The van der Waals surface area contributed by atoms with Crippen molar-refractivity contribution in [2.75, 3.05) is 90.8 Å². The maximum atomic E-state index is 5.93. The first-order valence-corrected chi connectivity index (χ1v) is 16.8. The molecule has 0 saturated carbocycles. The van der Waals surface area contributed by atoms with Gasteiger partial charge in [-0.2, -0.15) is 0 Å². The summed E-state index contributed by atoms with van der Waals surface area (Å²) in [5.74, 6) is 1.79. The number of rotatable bonds is 6. The van der Waals surface area contributed by atoms with Crippen molar-refractivity contribution in [1.29, 1.82) is 0 Å². The van der Waals surface area contributed by atoms with Crippen LogP contribution in [0.25, 0.3) is 21.5 Å². The van der Waals surface area contributed by atoms with Gasteiger partial charge in [0.15, 0.2) is 0 Å². The maximum absolute atomic E-state index is 5.93. The molecule has 6 nitrogen and oxygen atoms in total. The van der Waals surface area contributed by atoms with Crippen LogP contribution in [0.5, 0.6) is 0 Å². The second-order valence-electron chi connectivity index (χ2n) is 10.3. The molecule has 5 rings (SSSR count). The number of ether oxygens (including phenoxy) is 4. The van der Waals surface area contributed by atoms with Crippen LogP contribution in [-0.4, -0.2) is 101 Å². The van der Waals surface area contributed by atoms with Crippen LogP contribution in [-0.2, 0) is 18.9 Å². The van der Waals surface area contributed by atoms with E-state index in [9.17, 15) is 0 Å². The molecule has 4 aromatic carbocycles. The van der Waals surface area contributed by atoms with Crippen molar-refractivity contribution in [3.63, 3.8) is 0 Å². The van der Waals surface area contributed by atoms with Crippen LogP contribution in [0, 0.1) is 0 Å². The minimum Gasteiger partial charge on any atom is -0.378 e. The number of hydrogen-bond acceptors (Lipinski definition) is 8. The molecular weight excluding hydrogens is 565 g/mol. The van der Waals surface area contributed by atoms with E-state index in [1.807, 2.05) is 23.5 Å². The van der Waals surface area contributed by atoms with Gasteiger partial charge in [0, 0.05) is 47.7 Å². The van der Waals surface area contributed by atoms with E-state index in [1.165, 1.54) is 31.3 Å². The van der Waals surface area contributed by atoms with Crippen LogP contribution >= 0.6 is 23.5 Å². The lowest BCUT2D eigenvalue weighted by atomic mass is 10.1. The van der Waals surface area contributed by atoms with Gasteiger partial charge in [-0.25, -0.2) is 0 Å². The molecule has 0 radical (unpaired) electrons. The zero-order valence-electron chi connectivity index (χ0n) is 24.3. The third-order valence-electron chi connectivity index (χ3n) is 7.22. The van der Waals surface area contributed by atoms with Crippen LogP contribution in [0.1, 0.15) is 0 Å². The molecule has 1 heterocycles. The molecule has 0 atom stereocenters. The summed E-state index contributed by atoms with van der Waals surface area (Å²) in [5.41, 5.74) is 0. The number of benzene rings is 4. The van der Waals surface area contributed by atoms with E-state index in [2.05, 4.69) is 94.7 Å². The second kappa shape index (κ2) is 17.9. The summed E-state index contributed by atoms with van der Waals surface area (Å²) in [6.45, 7) is 8.60. The van der Waals surface area contributed by atoms with Crippen molar-refractivity contribution in [1.82, 2.24) is 9.80 Å². The smallest absolute Gasteiger partial charge is 0.0701 e. The van der Waals surface area contributed by atoms with Crippen LogP contribution < -0.4 is 0 Å². The quantitative estimate of drug-likeness (QED) is 0.231. The minimum absolute atomic E-state index is 0.608. The average molecular weight is 607 g/mol. The molecule has 224 valence electrons. The highest BCUT2D eigenvalue weighted by Gasteiger charge is 2.10. The van der Waals surface area contributed by atoms with E-state index in [-0.39, 0.29) is 0 Å². The first-order valence-electron chi connectivity index (χ1n) is 14.8. The lowest BCUT2D eigenvalue weighted by Crippen LogP contribution is -2.33. The van der Waals surface area contributed by atoms with Gasteiger partial charge in [0.25, 0.3) is 0 Å². The molecule has 0 aromatic heterocycles. The zero-order chi connectivity index (χ0) is 28.7. The van der Waals surface area contributed by atoms with Gasteiger partial charge in [-0.15, -0.1) is 23.5 Å². The van der Waals surface area contributed by atoms with Crippen LogP contribution in [0.3, 0.4) is 0 Å². The molecule has 0 aliphatic carbocycles. The van der Waals surface area contributed by atoms with E-state index in [0.717, 1.165) is 37.9 Å². The summed E-state index contributed by atoms with van der Waals surface area (Å²) < 4.78 is 23.7. The van der Waals surface area contributed by atoms with Gasteiger partial charge in [-0.3, -0.25) is 9.80 Å². The first kappa shape index (κ1) is 31.3. The fourth-order valence-corrected chi connectivity index (χ4v) is 6.68. The standard InChI is InChI=1S/C34H42N2O4S2/c1-3-7-31-25-33(11-9-29(31)5-1)41-27-35-13-17-37-21-23-39-19-15-36(16-20-40-24-22-38-18-14-35)28-42-34-12-10-30-6-2-4-8-32(30)26-34/h1-12,25-26H,13-24,27-28H2. The fourth-order valence-electron chi connectivity index (χ4n) is 4.75. The number of thioether (sulfide) groups is 2. The summed E-state index contributed by atoms with van der Waals surface area (Å²) in [6.07, 6.45) is 0. The Hall–Kier alpha value is -2.14. The molecule has 8 heteroatoms. The Kier molecular flexibility index (Phi) is 13.3. The Bertz CT molecular complexity index is 1230. The van der Waals surface area contributed by atoms with Gasteiger partial charge in [0.05, 0.1) is 52.9 Å². The van der Waals surface area contributed by atoms with Crippen molar-refractivity contribution in [3.8, 4) is 0 Å². The molecule has 1 aliphatic rings. The first-order chi connectivity index (χ1) is 20.8. The van der Waals surface area contributed by atoms with Gasteiger partial charge in [0.2, 0.25) is 0 Å². The molecule has 0 unspecified atom stereocenters. The molecule has 4 aromatic rings. The topological polar surface area (TPSA) is 43.4 Å². The van der Waals surface area contributed by atoms with Crippen molar-refractivity contribution in [2.45, 2.75) is 9.79 Å². The van der Waals surface area contributed by atoms with Gasteiger partial charge >= 0.3 is 0 Å². The molecule has 1 fully saturated rings. The van der Waals surface area contributed by atoms with Gasteiger partial charge in [-0.1, -0.05) is 60.7 Å². The van der Waals surface area contributed by atoms with E-state index in [1.54, 1.807) is 0 Å². The maximum Gasteiger partial charge on any atom is 0.0701 e. The van der Waals surface area contributed by atoms with E-state index < -0.39 is 0 Å². The van der Waals surface area contributed by atoms with E-state index in [4.69, 9.17) is 18.9 Å². The molecule has 0 amide bonds. The molecule has 1 saturated heterocycles. The average Bonchev–Trinajstić information content (AvgIpc) is 3.03. The summed E-state index contributed by atoms with van der Waals surface area (Å²) in [5, 5.41) is 5.11. The van der Waals surface area contributed by atoms with Gasteiger partial charge in [0.1, 0.15) is 0 Å². The van der Waals surface area contributed by atoms with Gasteiger partial charge in [-0.05, 0) is 45.8 Å². The number of fused-ring (bicyclic) bond motifs is 2. The van der Waals surface area contributed by atoms with Crippen molar-refractivity contribution >= 4 is 45.1 Å². The molecule has 42 heavy (non-hydrogen) atoms. The van der Waals surface area contributed by atoms with Crippen molar-refractivity contribution in [3.05, 3.63) is 84.9 Å². The fraction of sp³-hybridized carbons (Fsp3) is 0.412. The summed E-state index contributed by atoms with van der Waals surface area (Å²) in [6, 6.07) is 30.4. The molecule has 0 bridgehead atoms. The third kappa shape index (κ3) is 10.5. The van der Waals surface area contributed by atoms with Crippen molar-refractivity contribution < 1.29 is 18.9 Å². The Morgan fingerprint density at radius 2 is 0.786 bits per heavy atom. The molecule has 0 N–H and O–H groups in total.